The van der Waals surface area contributed by atoms with Gasteiger partial charge in [0.1, 0.15) is 0 Å². The molecule has 4 aromatic rings. The predicted molar refractivity (Wildman–Crippen MR) is 243 cm³/mol. The summed E-state index contributed by atoms with van der Waals surface area (Å²) >= 11 is -5.24. The van der Waals surface area contributed by atoms with Gasteiger partial charge in [-0.25, -0.2) is 0 Å². The molecule has 0 fully saturated rings. The van der Waals surface area contributed by atoms with E-state index in [9.17, 15) is 0 Å². The van der Waals surface area contributed by atoms with Crippen molar-refractivity contribution >= 4 is 19.1 Å². The van der Waals surface area contributed by atoms with Crippen LogP contribution < -0.4 is 0 Å². The van der Waals surface area contributed by atoms with Crippen molar-refractivity contribution in [3.05, 3.63) is 130 Å². The van der Waals surface area contributed by atoms with Crippen LogP contribution in [0.5, 0.6) is 0 Å². The molecule has 0 radical (unpaired) electrons. The molecule has 2 unspecified atom stereocenters. The van der Waals surface area contributed by atoms with Crippen LogP contribution in [0.15, 0.2) is 97.1 Å². The first kappa shape index (κ1) is 41.1. The summed E-state index contributed by atoms with van der Waals surface area (Å²) in [6, 6.07) is 33.4. The second kappa shape index (κ2) is 13.8. The normalized spacial score (nSPS) is 18.8. The van der Waals surface area contributed by atoms with Crippen molar-refractivity contribution in [2.75, 3.05) is 0 Å². The van der Waals surface area contributed by atoms with E-state index in [1.54, 1.807) is 11.1 Å². The molecule has 288 valence electrons. The quantitative estimate of drug-likeness (QED) is 0.0874. The van der Waals surface area contributed by atoms with Crippen LogP contribution in [0.25, 0.3) is 34.4 Å². The zero-order valence-electron chi connectivity index (χ0n) is 35.8. The molecule has 0 N–H and O–H groups in total. The number of hydrogen-bond acceptors (Lipinski definition) is 0. The van der Waals surface area contributed by atoms with Gasteiger partial charge < -0.3 is 0 Å². The van der Waals surface area contributed by atoms with Crippen LogP contribution in [0, 0.1) is 0 Å². The Labute approximate surface area is 326 Å². The fourth-order valence-corrected chi connectivity index (χ4v) is 61.1. The van der Waals surface area contributed by atoms with Gasteiger partial charge in [-0.15, -0.1) is 0 Å². The van der Waals surface area contributed by atoms with E-state index in [-0.39, 0.29) is 10.8 Å². The molecule has 2 aliphatic rings. The van der Waals surface area contributed by atoms with Crippen LogP contribution in [0.4, 0.5) is 0 Å². The molecule has 2 atom stereocenters. The molecule has 0 spiro atoms. The van der Waals surface area contributed by atoms with Gasteiger partial charge in [-0.2, -0.15) is 0 Å². The van der Waals surface area contributed by atoms with Crippen LogP contribution in [0.2, 0.25) is 17.7 Å². The number of benzene rings is 4. The Balaban J connectivity index is 1.60. The average Bonchev–Trinajstić information content (AvgIpc) is 3.79. The van der Waals surface area contributed by atoms with Crippen molar-refractivity contribution in [1.82, 2.24) is 0 Å². The van der Waals surface area contributed by atoms with E-state index in [0.717, 1.165) is 0 Å². The molecule has 54 heavy (non-hydrogen) atoms. The molecular formula is C52H72HfSi. The van der Waals surface area contributed by atoms with Crippen LogP contribution in [0.3, 0.4) is 0 Å². The molecule has 0 saturated heterocycles. The van der Waals surface area contributed by atoms with Gasteiger partial charge in [0.05, 0.1) is 0 Å². The van der Waals surface area contributed by atoms with E-state index in [0.29, 0.717) is 7.35 Å². The summed E-state index contributed by atoms with van der Waals surface area (Å²) in [5, 5.41) is 0. The van der Waals surface area contributed by atoms with E-state index in [1.807, 2.05) is 0 Å². The first-order valence-corrected chi connectivity index (χ1v) is 46.4. The van der Waals surface area contributed by atoms with Gasteiger partial charge in [0.15, 0.2) is 0 Å². The third-order valence-electron chi connectivity index (χ3n) is 15.2. The van der Waals surface area contributed by atoms with Gasteiger partial charge in [0.25, 0.3) is 0 Å². The van der Waals surface area contributed by atoms with Crippen LogP contribution in [0.1, 0.15) is 147 Å². The molecule has 0 bridgehead atoms. The summed E-state index contributed by atoms with van der Waals surface area (Å²) < 4.78 is 9.59. The first-order chi connectivity index (χ1) is 25.3. The predicted octanol–water partition coefficient (Wildman–Crippen LogP) is 15.9. The Kier molecular flexibility index (Phi) is 10.5. The summed E-state index contributed by atoms with van der Waals surface area (Å²) in [6.45, 7) is 21.4. The van der Waals surface area contributed by atoms with Crippen LogP contribution in [-0.4, -0.2) is 6.94 Å². The van der Waals surface area contributed by atoms with Crippen LogP contribution in [-0.2, 0) is 25.0 Å². The second-order valence-electron chi connectivity index (χ2n) is 22.5. The fourth-order valence-electron chi connectivity index (χ4n) is 11.5. The second-order valence-corrected chi connectivity index (χ2v) is 99.5. The van der Waals surface area contributed by atoms with Gasteiger partial charge in [0, 0.05) is 0 Å². The SMILES string of the molecule is CCCCC[CH2][Hf]([CH3])([CH3])(=[SiH2])([CH2]CCCCC)([CH]1C=Cc2c(-c3cccc(C(C)(C)C)c3)cccc21)[CH]1C=Cc2c(-c3cccc(C(C)(C)C)c3)cccc21. The maximum absolute atomic E-state index is 5.24. The van der Waals surface area contributed by atoms with E-state index >= 15 is 0 Å². The van der Waals surface area contributed by atoms with Crippen LogP contribution >= 0.6 is 0 Å². The Morgan fingerprint density at radius 2 is 0.907 bits per heavy atom. The average molecular weight is 904 g/mol. The Morgan fingerprint density at radius 1 is 0.519 bits per heavy atom. The monoisotopic (exact) mass is 904 g/mol. The van der Waals surface area contributed by atoms with Gasteiger partial charge in [-0.1, -0.05) is 0 Å². The number of fused-ring (bicyclic) bond motifs is 2. The molecule has 2 heteroatoms. The molecule has 0 nitrogen and oxygen atoms in total. The van der Waals surface area contributed by atoms with Crippen molar-refractivity contribution in [2.24, 2.45) is 0 Å². The molecular weight excluding hydrogens is 831 g/mol. The fraction of sp³-hybridized carbons (Fsp3) is 0.462. The summed E-state index contributed by atoms with van der Waals surface area (Å²) in [6.07, 6.45) is 21.1. The standard InChI is InChI=1S/2C19H19.2C6H13.2CH3.Hf.H2Si/c2*1-19(2,3)16-10-4-9-15(13-16)18-12-6-8-14-7-5-11-17(14)18;2*1-3-5-6-4-2;;;;/h2*4-13H,1-3H3;2*1,3-6H2,2H3;2*1H3;;1H2. The van der Waals surface area contributed by atoms with E-state index in [2.05, 4.69) is 181 Å². The van der Waals surface area contributed by atoms with Crippen molar-refractivity contribution in [1.29, 1.82) is 0 Å². The van der Waals surface area contributed by atoms with Gasteiger partial charge >= 0.3 is 329 Å². The van der Waals surface area contributed by atoms with Crippen molar-refractivity contribution in [3.63, 3.8) is 0 Å². The van der Waals surface area contributed by atoms with Crippen molar-refractivity contribution in [2.45, 2.75) is 143 Å². The van der Waals surface area contributed by atoms with E-state index < -0.39 is 14.2 Å². The minimum atomic E-state index is -5.24. The molecule has 6 rings (SSSR count). The molecule has 0 aliphatic heterocycles. The summed E-state index contributed by atoms with van der Waals surface area (Å²) in [5.74, 6) is 0. The zero-order chi connectivity index (χ0) is 39.1. The minimum absolute atomic E-state index is 0.110. The van der Waals surface area contributed by atoms with Gasteiger partial charge in [0.2, 0.25) is 0 Å². The van der Waals surface area contributed by atoms with Crippen molar-refractivity contribution in [3.8, 4) is 22.3 Å². The Bertz CT molecular complexity index is 2070. The zero-order valence-corrected chi connectivity index (χ0v) is 40.8. The van der Waals surface area contributed by atoms with Gasteiger partial charge in [-0.05, 0) is 0 Å². The molecule has 0 heterocycles. The van der Waals surface area contributed by atoms with E-state index in [1.165, 1.54) is 104 Å². The third-order valence-corrected chi connectivity index (χ3v) is 71.8. The first-order valence-electron chi connectivity index (χ1n) is 21.7. The number of hydrogen-bond donors (Lipinski definition) is 0. The Hall–Kier alpha value is -2.55. The molecule has 2 aliphatic carbocycles. The molecule has 4 aromatic carbocycles. The maximum atomic E-state index is 2.99. The molecule has 0 aromatic heterocycles. The topological polar surface area (TPSA) is 0 Å². The Morgan fingerprint density at radius 3 is 1.28 bits per heavy atom. The van der Waals surface area contributed by atoms with E-state index in [4.69, 9.17) is 0 Å². The summed E-state index contributed by atoms with van der Waals surface area (Å²) in [7, 11) is 0. The molecule has 0 amide bonds. The number of allylic oxidation sites excluding steroid dienone is 2. The third kappa shape index (κ3) is 7.15. The van der Waals surface area contributed by atoms with Crippen molar-refractivity contribution < 1.29 is 14.2 Å². The molecule has 0 saturated carbocycles. The number of unbranched alkanes of at least 4 members (excludes halogenated alkanes) is 6. The van der Waals surface area contributed by atoms with Gasteiger partial charge in [-0.3, -0.25) is 0 Å². The summed E-state index contributed by atoms with van der Waals surface area (Å²) in [4.78, 5) is 0. The summed E-state index contributed by atoms with van der Waals surface area (Å²) in [5.41, 5.74) is 14.7. The number of rotatable bonds is 14.